The van der Waals surface area contributed by atoms with Gasteiger partial charge in [0.05, 0.1) is 10.3 Å². The smallest absolute Gasteiger partial charge is 0.207 e. The van der Waals surface area contributed by atoms with Crippen molar-refractivity contribution in [1.29, 1.82) is 0 Å². The maximum absolute atomic E-state index is 13.3. The zero-order valence-corrected chi connectivity index (χ0v) is 14.6. The number of benzene rings is 3. The topological polar surface area (TPSA) is 37.4 Å². The van der Waals surface area contributed by atoms with Crippen molar-refractivity contribution in [2.45, 2.75) is 10.3 Å². The van der Waals surface area contributed by atoms with Gasteiger partial charge in [-0.25, -0.2) is 8.42 Å². The number of nitrogens with zero attached hydrogens (tertiary/aromatic N) is 1. The van der Waals surface area contributed by atoms with E-state index in [9.17, 15) is 8.42 Å². The molecule has 3 aromatic carbocycles. The van der Waals surface area contributed by atoms with Crippen LogP contribution in [0.5, 0.6) is 0 Å². The van der Waals surface area contributed by atoms with Crippen molar-refractivity contribution in [1.82, 2.24) is 4.31 Å². The fourth-order valence-corrected chi connectivity index (χ4v) is 6.59. The van der Waals surface area contributed by atoms with Gasteiger partial charge < -0.3 is 0 Å². The molecule has 1 heterocycles. The Morgan fingerprint density at radius 2 is 1.58 bits per heavy atom. The normalized spacial score (nSPS) is 18.9. The Morgan fingerprint density at radius 1 is 0.875 bits per heavy atom. The second kappa shape index (κ2) is 6.24. The molecule has 1 saturated heterocycles. The van der Waals surface area contributed by atoms with Crippen LogP contribution in [0, 0.1) is 0 Å². The fraction of sp³-hybridized carbons (Fsp3) is 0.158. The molecule has 0 saturated carbocycles. The third-order valence-corrected chi connectivity index (χ3v) is 7.59. The first-order valence-corrected chi connectivity index (χ1v) is 10.3. The summed E-state index contributed by atoms with van der Waals surface area (Å²) in [5.74, 6) is 0.809. The Bertz CT molecular complexity index is 966. The van der Waals surface area contributed by atoms with Gasteiger partial charge in [0.25, 0.3) is 0 Å². The van der Waals surface area contributed by atoms with Crippen LogP contribution >= 0.6 is 11.8 Å². The average Bonchev–Trinajstić information content (AvgIpc) is 3.12. The Labute approximate surface area is 146 Å². The second-order valence-electron chi connectivity index (χ2n) is 5.73. The van der Waals surface area contributed by atoms with E-state index in [-0.39, 0.29) is 5.37 Å². The predicted molar refractivity (Wildman–Crippen MR) is 99.5 cm³/mol. The van der Waals surface area contributed by atoms with Crippen LogP contribution in [0.1, 0.15) is 10.9 Å². The Morgan fingerprint density at radius 3 is 2.42 bits per heavy atom. The molecule has 0 bridgehead atoms. The maximum atomic E-state index is 13.3. The molecule has 122 valence electrons. The molecule has 1 aliphatic heterocycles. The van der Waals surface area contributed by atoms with E-state index in [1.165, 1.54) is 0 Å². The molecule has 3 aromatic rings. The van der Waals surface area contributed by atoms with Crippen LogP contribution in [0.3, 0.4) is 0 Å². The van der Waals surface area contributed by atoms with Gasteiger partial charge in [0.1, 0.15) is 0 Å². The van der Waals surface area contributed by atoms with Crippen LogP contribution in [0.2, 0.25) is 0 Å². The van der Waals surface area contributed by atoms with Crippen molar-refractivity contribution in [2.75, 3.05) is 12.3 Å². The molecular weight excluding hydrogens is 338 g/mol. The van der Waals surface area contributed by atoms with Gasteiger partial charge in [-0.05, 0) is 17.0 Å². The lowest BCUT2D eigenvalue weighted by atomic mass is 10.1. The standard InChI is InChI=1S/C19H17NO2S2/c21-24(22,18-12-6-10-15-7-4-5-11-17(15)18)20-13-14-23-19(20)16-8-2-1-3-9-16/h1-12,19H,13-14H2. The highest BCUT2D eigenvalue weighted by Gasteiger charge is 2.37. The Kier molecular flexibility index (Phi) is 4.08. The SMILES string of the molecule is O=S(=O)(c1cccc2ccccc12)N1CCSC1c1ccccc1. The third-order valence-electron chi connectivity index (χ3n) is 4.27. The third kappa shape index (κ3) is 2.62. The molecule has 4 rings (SSSR count). The number of thioether (sulfide) groups is 1. The molecule has 0 N–H and O–H groups in total. The van der Waals surface area contributed by atoms with E-state index >= 15 is 0 Å². The first-order valence-electron chi connectivity index (χ1n) is 7.84. The van der Waals surface area contributed by atoms with E-state index in [1.807, 2.05) is 66.7 Å². The van der Waals surface area contributed by atoms with Gasteiger partial charge in [0.2, 0.25) is 10.0 Å². The van der Waals surface area contributed by atoms with E-state index in [0.29, 0.717) is 11.4 Å². The number of fused-ring (bicyclic) bond motifs is 1. The lowest BCUT2D eigenvalue weighted by Gasteiger charge is -2.24. The summed E-state index contributed by atoms with van der Waals surface area (Å²) in [4.78, 5) is 0.393. The van der Waals surface area contributed by atoms with Crippen molar-refractivity contribution < 1.29 is 8.42 Å². The minimum atomic E-state index is -3.55. The summed E-state index contributed by atoms with van der Waals surface area (Å²) in [5.41, 5.74) is 1.03. The van der Waals surface area contributed by atoms with Gasteiger partial charge in [-0.15, -0.1) is 11.8 Å². The minimum absolute atomic E-state index is 0.157. The lowest BCUT2D eigenvalue weighted by Crippen LogP contribution is -2.30. The molecule has 0 radical (unpaired) electrons. The summed E-state index contributed by atoms with van der Waals surface area (Å²) >= 11 is 1.68. The minimum Gasteiger partial charge on any atom is -0.207 e. The quantitative estimate of drug-likeness (QED) is 0.704. The zero-order valence-electron chi connectivity index (χ0n) is 13.0. The molecule has 1 fully saturated rings. The van der Waals surface area contributed by atoms with Crippen LogP contribution in [0.4, 0.5) is 0 Å². The van der Waals surface area contributed by atoms with Gasteiger partial charge in [-0.1, -0.05) is 66.7 Å². The van der Waals surface area contributed by atoms with Crippen molar-refractivity contribution in [3.8, 4) is 0 Å². The first kappa shape index (κ1) is 15.7. The van der Waals surface area contributed by atoms with E-state index in [1.54, 1.807) is 22.1 Å². The molecular formula is C19H17NO2S2. The molecule has 1 atom stereocenters. The van der Waals surface area contributed by atoms with E-state index in [4.69, 9.17) is 0 Å². The zero-order chi connectivity index (χ0) is 16.6. The highest BCUT2D eigenvalue weighted by Crippen LogP contribution is 2.42. The predicted octanol–water partition coefficient (Wildman–Crippen LogP) is 4.28. The van der Waals surface area contributed by atoms with Crippen LogP contribution in [-0.2, 0) is 10.0 Å². The number of sulfonamides is 1. The average molecular weight is 355 g/mol. The van der Waals surface area contributed by atoms with Gasteiger partial charge in [-0.3, -0.25) is 0 Å². The van der Waals surface area contributed by atoms with Gasteiger partial charge in [-0.2, -0.15) is 4.31 Å². The van der Waals surface area contributed by atoms with Crippen LogP contribution in [0.15, 0.2) is 77.7 Å². The van der Waals surface area contributed by atoms with Crippen molar-refractivity contribution in [3.05, 3.63) is 78.4 Å². The summed E-state index contributed by atoms with van der Waals surface area (Å²) in [6.45, 7) is 0.537. The monoisotopic (exact) mass is 355 g/mol. The summed E-state index contributed by atoms with van der Waals surface area (Å²) < 4.78 is 28.3. The first-order chi connectivity index (χ1) is 11.7. The maximum Gasteiger partial charge on any atom is 0.245 e. The van der Waals surface area contributed by atoms with Gasteiger partial charge in [0, 0.05) is 17.7 Å². The van der Waals surface area contributed by atoms with E-state index in [2.05, 4.69) is 0 Å². The molecule has 0 aromatic heterocycles. The molecule has 0 spiro atoms. The molecule has 0 amide bonds. The number of hydrogen-bond donors (Lipinski definition) is 0. The summed E-state index contributed by atoms with van der Waals surface area (Å²) in [5, 5.41) is 1.57. The number of hydrogen-bond acceptors (Lipinski definition) is 3. The van der Waals surface area contributed by atoms with Gasteiger partial charge in [0.15, 0.2) is 0 Å². The Balaban J connectivity index is 1.82. The summed E-state index contributed by atoms with van der Waals surface area (Å²) in [7, 11) is -3.55. The van der Waals surface area contributed by atoms with Crippen molar-refractivity contribution in [3.63, 3.8) is 0 Å². The van der Waals surface area contributed by atoms with Crippen LogP contribution in [-0.4, -0.2) is 25.0 Å². The second-order valence-corrected chi connectivity index (χ2v) is 8.77. The molecule has 1 aliphatic rings. The summed E-state index contributed by atoms with van der Waals surface area (Å²) in [6.07, 6.45) is 0. The van der Waals surface area contributed by atoms with Gasteiger partial charge >= 0.3 is 0 Å². The summed E-state index contributed by atoms with van der Waals surface area (Å²) in [6, 6.07) is 23.0. The number of rotatable bonds is 3. The fourth-order valence-electron chi connectivity index (χ4n) is 3.13. The van der Waals surface area contributed by atoms with E-state index in [0.717, 1.165) is 22.1 Å². The molecule has 5 heteroatoms. The van der Waals surface area contributed by atoms with Crippen LogP contribution < -0.4 is 0 Å². The largest absolute Gasteiger partial charge is 0.245 e. The molecule has 3 nitrogen and oxygen atoms in total. The molecule has 0 aliphatic carbocycles. The van der Waals surface area contributed by atoms with Crippen molar-refractivity contribution >= 4 is 32.6 Å². The van der Waals surface area contributed by atoms with Crippen molar-refractivity contribution in [2.24, 2.45) is 0 Å². The van der Waals surface area contributed by atoms with Crippen LogP contribution in [0.25, 0.3) is 10.8 Å². The molecule has 1 unspecified atom stereocenters. The highest BCUT2D eigenvalue weighted by atomic mass is 32.2. The Hall–Kier alpha value is -1.82. The lowest BCUT2D eigenvalue weighted by molar-refractivity contribution is 0.435. The highest BCUT2D eigenvalue weighted by molar-refractivity contribution is 8.01. The van der Waals surface area contributed by atoms with E-state index < -0.39 is 10.0 Å². The molecule has 24 heavy (non-hydrogen) atoms.